The lowest BCUT2D eigenvalue weighted by molar-refractivity contribution is 0.0524. The maximum atomic E-state index is 11.6. The van der Waals surface area contributed by atoms with Gasteiger partial charge in [-0.05, 0) is 44.8 Å². The van der Waals surface area contributed by atoms with Crippen LogP contribution in [0.1, 0.15) is 17.3 Å². The van der Waals surface area contributed by atoms with Crippen molar-refractivity contribution in [2.24, 2.45) is 0 Å². The van der Waals surface area contributed by atoms with Crippen LogP contribution < -0.4 is 5.73 Å². The van der Waals surface area contributed by atoms with Crippen LogP contribution in [-0.4, -0.2) is 12.6 Å². The van der Waals surface area contributed by atoms with Gasteiger partial charge in [0, 0.05) is 4.47 Å². The van der Waals surface area contributed by atoms with Crippen LogP contribution in [-0.2, 0) is 4.74 Å². The minimum absolute atomic E-state index is 0.306. The number of nitrogen functional groups attached to an aromatic ring is 1. The van der Waals surface area contributed by atoms with Gasteiger partial charge in [0.05, 0.1) is 27.4 Å². The Morgan fingerprint density at radius 2 is 2.20 bits per heavy atom. The molecule has 15 heavy (non-hydrogen) atoms. The maximum Gasteiger partial charge on any atom is 0.340 e. The largest absolute Gasteiger partial charge is 0.462 e. The van der Waals surface area contributed by atoms with Crippen LogP contribution in [0.15, 0.2) is 15.0 Å². The number of nitrogens with two attached hydrogens (primary N) is 1. The Morgan fingerprint density at radius 1 is 1.60 bits per heavy atom. The average molecular weight is 357 g/mol. The Balaban J connectivity index is 3.29. The molecule has 0 unspecified atom stereocenters. The van der Waals surface area contributed by atoms with Crippen LogP contribution in [0.2, 0.25) is 5.02 Å². The smallest absolute Gasteiger partial charge is 0.340 e. The van der Waals surface area contributed by atoms with Gasteiger partial charge in [-0.1, -0.05) is 11.6 Å². The van der Waals surface area contributed by atoms with E-state index in [0.29, 0.717) is 31.8 Å². The van der Waals surface area contributed by atoms with Gasteiger partial charge in [-0.25, -0.2) is 4.79 Å². The minimum atomic E-state index is -0.445. The summed E-state index contributed by atoms with van der Waals surface area (Å²) in [6, 6.07) is 1.56. The quantitative estimate of drug-likeness (QED) is 0.650. The van der Waals surface area contributed by atoms with Crippen molar-refractivity contribution in [1.29, 1.82) is 0 Å². The van der Waals surface area contributed by atoms with Gasteiger partial charge in [0.25, 0.3) is 0 Å². The summed E-state index contributed by atoms with van der Waals surface area (Å²) in [4.78, 5) is 11.6. The van der Waals surface area contributed by atoms with Crippen LogP contribution in [0.4, 0.5) is 5.69 Å². The van der Waals surface area contributed by atoms with E-state index in [1.807, 2.05) is 0 Å². The summed E-state index contributed by atoms with van der Waals surface area (Å²) in [6.07, 6.45) is 0. The summed E-state index contributed by atoms with van der Waals surface area (Å²) in [7, 11) is 0. The highest BCUT2D eigenvalue weighted by Crippen LogP contribution is 2.36. The van der Waals surface area contributed by atoms with Crippen molar-refractivity contribution < 1.29 is 9.53 Å². The summed E-state index contributed by atoms with van der Waals surface area (Å²) in [5.74, 6) is -0.445. The number of carbonyl (C=O) groups excluding carboxylic acids is 1. The fourth-order valence-electron chi connectivity index (χ4n) is 0.996. The minimum Gasteiger partial charge on any atom is -0.462 e. The van der Waals surface area contributed by atoms with Crippen molar-refractivity contribution in [3.63, 3.8) is 0 Å². The highest BCUT2D eigenvalue weighted by molar-refractivity contribution is 9.11. The molecule has 1 aromatic carbocycles. The third kappa shape index (κ3) is 2.65. The van der Waals surface area contributed by atoms with Gasteiger partial charge in [0.1, 0.15) is 0 Å². The van der Waals surface area contributed by atoms with Crippen molar-refractivity contribution >= 4 is 55.1 Å². The molecule has 0 amide bonds. The van der Waals surface area contributed by atoms with Gasteiger partial charge in [0.2, 0.25) is 0 Å². The van der Waals surface area contributed by atoms with Crippen LogP contribution in [0.5, 0.6) is 0 Å². The predicted octanol–water partition coefficient (Wildman–Crippen LogP) is 3.62. The van der Waals surface area contributed by atoms with Gasteiger partial charge < -0.3 is 10.5 Å². The molecule has 0 saturated heterocycles. The number of benzene rings is 1. The molecule has 3 nitrogen and oxygen atoms in total. The topological polar surface area (TPSA) is 52.3 Å². The Labute approximate surface area is 109 Å². The van der Waals surface area contributed by atoms with Crippen molar-refractivity contribution in [2.45, 2.75) is 6.92 Å². The molecule has 1 aromatic rings. The maximum absolute atomic E-state index is 11.6. The molecule has 0 saturated carbocycles. The first-order valence-corrected chi connectivity index (χ1v) is 6.05. The SMILES string of the molecule is CCOC(=O)c1c(Br)cc(Cl)c(N)c1Br. The fourth-order valence-corrected chi connectivity index (χ4v) is 2.89. The molecule has 2 N–H and O–H groups in total. The molecular formula is C9H8Br2ClNO2. The van der Waals surface area contributed by atoms with Crippen molar-refractivity contribution in [2.75, 3.05) is 12.3 Å². The lowest BCUT2D eigenvalue weighted by Crippen LogP contribution is -2.08. The third-order valence-corrected chi connectivity index (χ3v) is 3.45. The second-order valence-corrected chi connectivity index (χ2v) is 4.72. The number of carbonyl (C=O) groups is 1. The molecule has 0 bridgehead atoms. The molecule has 0 spiro atoms. The molecule has 0 atom stereocenters. The summed E-state index contributed by atoms with van der Waals surface area (Å²) in [5.41, 5.74) is 6.35. The number of rotatable bonds is 2. The van der Waals surface area contributed by atoms with E-state index >= 15 is 0 Å². The molecule has 0 aromatic heterocycles. The number of esters is 1. The number of halogens is 3. The molecule has 0 aliphatic carbocycles. The van der Waals surface area contributed by atoms with Crippen molar-refractivity contribution in [3.05, 3.63) is 25.6 Å². The van der Waals surface area contributed by atoms with Gasteiger partial charge in [-0.15, -0.1) is 0 Å². The summed E-state index contributed by atoms with van der Waals surface area (Å²) < 4.78 is 5.88. The van der Waals surface area contributed by atoms with Crippen LogP contribution >= 0.6 is 43.5 Å². The van der Waals surface area contributed by atoms with Gasteiger partial charge >= 0.3 is 5.97 Å². The molecule has 0 aliphatic heterocycles. The molecule has 82 valence electrons. The second-order valence-electron chi connectivity index (χ2n) is 2.66. The first-order chi connectivity index (χ1) is 6.99. The van der Waals surface area contributed by atoms with Gasteiger partial charge in [0.15, 0.2) is 0 Å². The number of ether oxygens (including phenoxy) is 1. The summed E-state index contributed by atoms with van der Waals surface area (Å²) in [6.45, 7) is 2.04. The number of anilines is 1. The van der Waals surface area contributed by atoms with E-state index in [9.17, 15) is 4.79 Å². The van der Waals surface area contributed by atoms with Crippen LogP contribution in [0.25, 0.3) is 0 Å². The predicted molar refractivity (Wildman–Crippen MR) is 67.2 cm³/mol. The van der Waals surface area contributed by atoms with Gasteiger partial charge in [-0.3, -0.25) is 0 Å². The Kier molecular flexibility index (Phi) is 4.43. The molecule has 0 heterocycles. The van der Waals surface area contributed by atoms with E-state index < -0.39 is 5.97 Å². The highest BCUT2D eigenvalue weighted by atomic mass is 79.9. The van der Waals surface area contributed by atoms with Crippen molar-refractivity contribution in [3.8, 4) is 0 Å². The molecule has 0 aliphatic rings. The fraction of sp³-hybridized carbons (Fsp3) is 0.222. The molecule has 0 radical (unpaired) electrons. The zero-order chi connectivity index (χ0) is 11.6. The van der Waals surface area contributed by atoms with E-state index in [0.717, 1.165) is 0 Å². The average Bonchev–Trinajstić information content (AvgIpc) is 2.15. The number of hydrogen-bond acceptors (Lipinski definition) is 3. The number of hydrogen-bond donors (Lipinski definition) is 1. The summed E-state index contributed by atoms with van der Waals surface area (Å²) >= 11 is 12.3. The zero-order valence-electron chi connectivity index (χ0n) is 7.81. The summed E-state index contributed by atoms with van der Waals surface area (Å²) in [5, 5.41) is 0.377. The lowest BCUT2D eigenvalue weighted by atomic mass is 10.2. The van der Waals surface area contributed by atoms with Crippen molar-refractivity contribution in [1.82, 2.24) is 0 Å². The Morgan fingerprint density at radius 3 is 2.73 bits per heavy atom. The Hall–Kier alpha value is -0.260. The zero-order valence-corrected chi connectivity index (χ0v) is 11.7. The van der Waals surface area contributed by atoms with Crippen LogP contribution in [0, 0.1) is 0 Å². The molecule has 1 rings (SSSR count). The monoisotopic (exact) mass is 355 g/mol. The normalized spacial score (nSPS) is 10.1. The van der Waals surface area contributed by atoms with E-state index in [2.05, 4.69) is 31.9 Å². The second kappa shape index (κ2) is 5.18. The molecule has 6 heteroatoms. The van der Waals surface area contributed by atoms with E-state index in [4.69, 9.17) is 22.1 Å². The van der Waals surface area contributed by atoms with E-state index in [1.165, 1.54) is 0 Å². The third-order valence-electron chi connectivity index (χ3n) is 1.69. The first kappa shape index (κ1) is 12.8. The van der Waals surface area contributed by atoms with E-state index in [-0.39, 0.29) is 0 Å². The standard InChI is InChI=1S/C9H8Br2ClNO2/c1-2-15-9(14)6-4(10)3-5(12)8(13)7(6)11/h3H,2,13H2,1H3. The van der Waals surface area contributed by atoms with E-state index in [1.54, 1.807) is 13.0 Å². The van der Waals surface area contributed by atoms with Crippen LogP contribution in [0.3, 0.4) is 0 Å². The Bertz CT molecular complexity index is 410. The first-order valence-electron chi connectivity index (χ1n) is 4.09. The molecule has 0 fully saturated rings. The lowest BCUT2D eigenvalue weighted by Gasteiger charge is -2.10. The molecular weight excluding hydrogens is 349 g/mol. The van der Waals surface area contributed by atoms with Gasteiger partial charge in [-0.2, -0.15) is 0 Å². The highest BCUT2D eigenvalue weighted by Gasteiger charge is 2.19.